The molecule has 0 unspecified atom stereocenters. The van der Waals surface area contributed by atoms with E-state index in [2.05, 4.69) is 34.5 Å². The van der Waals surface area contributed by atoms with Crippen molar-refractivity contribution in [3.05, 3.63) is 15.3 Å². The van der Waals surface area contributed by atoms with Crippen molar-refractivity contribution in [3.63, 3.8) is 0 Å². The molecule has 0 aliphatic rings. The second-order valence-electron chi connectivity index (χ2n) is 3.60. The van der Waals surface area contributed by atoms with E-state index in [0.29, 0.717) is 0 Å². The molecule has 0 aliphatic carbocycles. The lowest BCUT2D eigenvalue weighted by atomic mass is 10.3. The molecule has 3 nitrogen and oxygen atoms in total. The monoisotopic (exact) mass is 253 g/mol. The molecule has 0 radical (unpaired) electrons. The van der Waals surface area contributed by atoms with E-state index in [1.54, 1.807) is 22.7 Å². The van der Waals surface area contributed by atoms with Crippen LogP contribution in [0.3, 0.4) is 0 Å². The summed E-state index contributed by atoms with van der Waals surface area (Å²) in [5.41, 5.74) is 2.02. The number of hydrogen-bond donors (Lipinski definition) is 1. The molecule has 0 bridgehead atoms. The highest BCUT2D eigenvalue weighted by atomic mass is 32.1. The van der Waals surface area contributed by atoms with Crippen molar-refractivity contribution in [2.24, 2.45) is 0 Å². The molecule has 2 aromatic heterocycles. The smallest absolute Gasteiger partial charge is 0.183 e. The van der Waals surface area contributed by atoms with Crippen molar-refractivity contribution in [1.29, 1.82) is 0 Å². The zero-order chi connectivity index (χ0) is 11.5. The van der Waals surface area contributed by atoms with Gasteiger partial charge in [0.1, 0.15) is 11.4 Å². The van der Waals surface area contributed by atoms with E-state index in [1.165, 1.54) is 4.88 Å². The molecule has 0 atom stereocenters. The average Bonchev–Trinajstić information content (AvgIpc) is 2.82. The highest BCUT2D eigenvalue weighted by Gasteiger charge is 2.11. The second-order valence-corrected chi connectivity index (χ2v) is 5.87. The zero-order valence-electron chi connectivity index (χ0n) is 9.70. The van der Waals surface area contributed by atoms with Gasteiger partial charge < -0.3 is 5.32 Å². The Morgan fingerprint density at radius 2 is 2.12 bits per heavy atom. The molecule has 86 valence electrons. The minimum Gasteiger partial charge on any atom is -0.362 e. The van der Waals surface area contributed by atoms with Crippen molar-refractivity contribution < 1.29 is 0 Å². The summed E-state index contributed by atoms with van der Waals surface area (Å²) in [6, 6.07) is 0. The van der Waals surface area contributed by atoms with E-state index in [9.17, 15) is 0 Å². The van der Waals surface area contributed by atoms with Crippen LogP contribution in [0.15, 0.2) is 5.38 Å². The van der Waals surface area contributed by atoms with Crippen LogP contribution in [0.2, 0.25) is 0 Å². The summed E-state index contributed by atoms with van der Waals surface area (Å²) in [5.74, 6) is 0. The van der Waals surface area contributed by atoms with Gasteiger partial charge in [-0.05, 0) is 20.3 Å². The lowest BCUT2D eigenvalue weighted by molar-refractivity contribution is 0.976. The minimum absolute atomic E-state index is 0.974. The molecular weight excluding hydrogens is 238 g/mol. The van der Waals surface area contributed by atoms with Crippen molar-refractivity contribution in [2.75, 3.05) is 11.9 Å². The van der Waals surface area contributed by atoms with Crippen molar-refractivity contribution in [2.45, 2.75) is 27.2 Å². The van der Waals surface area contributed by atoms with Crippen LogP contribution in [0, 0.1) is 13.8 Å². The predicted octanol–water partition coefficient (Wildman–Crippen LogP) is 3.71. The summed E-state index contributed by atoms with van der Waals surface area (Å²) < 4.78 is 0. The van der Waals surface area contributed by atoms with Crippen LogP contribution in [-0.4, -0.2) is 16.5 Å². The van der Waals surface area contributed by atoms with Crippen LogP contribution >= 0.6 is 22.7 Å². The van der Waals surface area contributed by atoms with Crippen LogP contribution in [0.4, 0.5) is 5.13 Å². The van der Waals surface area contributed by atoms with Crippen LogP contribution in [0.25, 0.3) is 11.4 Å². The molecule has 0 aliphatic heterocycles. The van der Waals surface area contributed by atoms with E-state index in [1.807, 2.05) is 6.92 Å². The predicted molar refractivity (Wildman–Crippen MR) is 71.5 cm³/mol. The average molecular weight is 253 g/mol. The van der Waals surface area contributed by atoms with Crippen molar-refractivity contribution in [1.82, 2.24) is 9.97 Å². The van der Waals surface area contributed by atoms with E-state index in [0.717, 1.165) is 34.5 Å². The van der Waals surface area contributed by atoms with Gasteiger partial charge in [-0.1, -0.05) is 6.92 Å². The highest BCUT2D eigenvalue weighted by molar-refractivity contribution is 7.14. The largest absolute Gasteiger partial charge is 0.362 e. The first-order valence-electron chi connectivity index (χ1n) is 5.34. The Morgan fingerprint density at radius 3 is 2.75 bits per heavy atom. The summed E-state index contributed by atoms with van der Waals surface area (Å²) in [4.78, 5) is 10.3. The third-order valence-corrected chi connectivity index (χ3v) is 3.86. The molecule has 0 saturated carbocycles. The van der Waals surface area contributed by atoms with Gasteiger partial charge in [0.2, 0.25) is 0 Å². The van der Waals surface area contributed by atoms with Crippen LogP contribution in [0.5, 0.6) is 0 Å². The first-order chi connectivity index (χ1) is 7.70. The van der Waals surface area contributed by atoms with Crippen LogP contribution < -0.4 is 5.32 Å². The summed E-state index contributed by atoms with van der Waals surface area (Å²) >= 11 is 3.37. The SMILES string of the molecule is CCCNc1nc(-c2nc(C)sc2C)cs1. The van der Waals surface area contributed by atoms with Gasteiger partial charge in [0, 0.05) is 16.8 Å². The molecule has 0 spiro atoms. The van der Waals surface area contributed by atoms with Gasteiger partial charge in [-0.25, -0.2) is 9.97 Å². The molecule has 0 aromatic carbocycles. The molecule has 0 amide bonds. The summed E-state index contributed by atoms with van der Waals surface area (Å²) in [6.45, 7) is 7.25. The van der Waals surface area contributed by atoms with E-state index in [4.69, 9.17) is 0 Å². The number of nitrogens with zero attached hydrogens (tertiary/aromatic N) is 2. The Bertz CT molecular complexity index is 473. The van der Waals surface area contributed by atoms with Gasteiger partial charge in [0.05, 0.1) is 5.01 Å². The molecular formula is C11H15N3S2. The van der Waals surface area contributed by atoms with E-state index < -0.39 is 0 Å². The molecule has 2 heterocycles. The fourth-order valence-corrected chi connectivity index (χ4v) is 3.01. The standard InChI is InChI=1S/C11H15N3S2/c1-4-5-12-11-14-9(6-15-11)10-7(2)16-8(3)13-10/h6H,4-5H2,1-3H3,(H,12,14). The lowest BCUT2D eigenvalue weighted by Gasteiger charge is -1.97. The summed E-state index contributed by atoms with van der Waals surface area (Å²) in [5, 5.41) is 7.45. The minimum atomic E-state index is 0.974. The molecule has 1 N–H and O–H groups in total. The molecule has 0 fully saturated rings. The summed E-state index contributed by atoms with van der Waals surface area (Å²) in [7, 11) is 0. The zero-order valence-corrected chi connectivity index (χ0v) is 11.3. The lowest BCUT2D eigenvalue weighted by Crippen LogP contribution is -1.98. The Morgan fingerprint density at radius 1 is 1.31 bits per heavy atom. The number of anilines is 1. The van der Waals surface area contributed by atoms with Gasteiger partial charge in [-0.2, -0.15) is 0 Å². The van der Waals surface area contributed by atoms with Crippen molar-refractivity contribution in [3.8, 4) is 11.4 Å². The maximum absolute atomic E-state index is 4.54. The van der Waals surface area contributed by atoms with Gasteiger partial charge in [0.15, 0.2) is 5.13 Å². The maximum atomic E-state index is 4.54. The van der Waals surface area contributed by atoms with Crippen molar-refractivity contribution >= 4 is 27.8 Å². The molecule has 2 aromatic rings. The Labute approximate surface area is 104 Å². The maximum Gasteiger partial charge on any atom is 0.183 e. The summed E-state index contributed by atoms with van der Waals surface area (Å²) in [6.07, 6.45) is 1.11. The first-order valence-corrected chi connectivity index (χ1v) is 7.04. The van der Waals surface area contributed by atoms with E-state index >= 15 is 0 Å². The number of rotatable bonds is 4. The molecule has 16 heavy (non-hydrogen) atoms. The topological polar surface area (TPSA) is 37.8 Å². The van der Waals surface area contributed by atoms with Crippen LogP contribution in [-0.2, 0) is 0 Å². The van der Waals surface area contributed by atoms with E-state index in [-0.39, 0.29) is 0 Å². The normalized spacial score (nSPS) is 10.7. The molecule has 2 rings (SSSR count). The van der Waals surface area contributed by atoms with Gasteiger partial charge in [-0.3, -0.25) is 0 Å². The number of hydrogen-bond acceptors (Lipinski definition) is 5. The Hall–Kier alpha value is -0.940. The fourth-order valence-electron chi connectivity index (χ4n) is 1.46. The highest BCUT2D eigenvalue weighted by Crippen LogP contribution is 2.29. The quantitative estimate of drug-likeness (QED) is 0.902. The number of aromatic nitrogens is 2. The Kier molecular flexibility index (Phi) is 3.56. The molecule has 0 saturated heterocycles. The van der Waals surface area contributed by atoms with Gasteiger partial charge >= 0.3 is 0 Å². The first kappa shape index (κ1) is 11.5. The number of thiazole rings is 2. The third-order valence-electron chi connectivity index (χ3n) is 2.18. The van der Waals surface area contributed by atoms with Gasteiger partial charge in [-0.15, -0.1) is 22.7 Å². The second kappa shape index (κ2) is 4.93. The van der Waals surface area contributed by atoms with Gasteiger partial charge in [0.25, 0.3) is 0 Å². The Balaban J connectivity index is 2.21. The van der Waals surface area contributed by atoms with Crippen LogP contribution in [0.1, 0.15) is 23.2 Å². The fraction of sp³-hybridized carbons (Fsp3) is 0.455. The third kappa shape index (κ3) is 2.41. The number of nitrogens with one attached hydrogen (secondary N) is 1. The molecule has 5 heteroatoms. The number of aryl methyl sites for hydroxylation is 2.